The van der Waals surface area contributed by atoms with E-state index in [0.29, 0.717) is 16.7 Å². The molecule has 0 saturated heterocycles. The van der Waals surface area contributed by atoms with Crippen LogP contribution >= 0.6 is 0 Å². The maximum absolute atomic E-state index is 9.57. The number of ether oxygens (including phenoxy) is 1. The number of hydrogen-bond donors (Lipinski definition) is 0. The third-order valence-corrected chi connectivity index (χ3v) is 11.6. The number of hydrogen-bond acceptors (Lipinski definition) is 3. The molecule has 4 saturated carbocycles. The molecule has 7 aliphatic rings. The zero-order valence-corrected chi connectivity index (χ0v) is 25.4. The smallest absolute Gasteiger partial charge is 0.269 e. The summed E-state index contributed by atoms with van der Waals surface area (Å²) in [5.74, 6) is 5.06. The molecule has 4 aliphatic carbocycles. The second kappa shape index (κ2) is 9.13. The molecule has 212 valence electrons. The minimum atomic E-state index is -0.240. The Hall–Kier alpha value is -3.24. The van der Waals surface area contributed by atoms with Crippen molar-refractivity contribution in [2.45, 2.75) is 90.4 Å². The fraction of sp³-hybridized carbons (Fsp3) is 0.568. The third-order valence-electron chi connectivity index (χ3n) is 11.6. The molecule has 0 amide bonds. The largest absolute Gasteiger partial charge is 0.461 e. The molecule has 4 bridgehead atoms. The number of benzene rings is 1. The van der Waals surface area contributed by atoms with Crippen molar-refractivity contribution in [1.29, 1.82) is 5.26 Å². The molecule has 4 nitrogen and oxygen atoms in total. The lowest BCUT2D eigenvalue weighted by atomic mass is 9.42. The molecule has 0 unspecified atom stereocenters. The van der Waals surface area contributed by atoms with Gasteiger partial charge in [-0.15, -0.1) is 0 Å². The van der Waals surface area contributed by atoms with Crippen LogP contribution in [0.25, 0.3) is 10.9 Å². The van der Waals surface area contributed by atoms with E-state index in [9.17, 15) is 5.26 Å². The van der Waals surface area contributed by atoms with Gasteiger partial charge in [-0.25, -0.2) is 10.1 Å². The summed E-state index contributed by atoms with van der Waals surface area (Å²) in [4.78, 5) is 6.20. The van der Waals surface area contributed by atoms with Crippen molar-refractivity contribution >= 4 is 11.8 Å². The van der Waals surface area contributed by atoms with E-state index in [4.69, 9.17) is 11.3 Å². The van der Waals surface area contributed by atoms with E-state index in [2.05, 4.69) is 68.6 Å². The van der Waals surface area contributed by atoms with Gasteiger partial charge in [0.1, 0.15) is 11.5 Å². The van der Waals surface area contributed by atoms with Gasteiger partial charge in [0.2, 0.25) is 0 Å². The first kappa shape index (κ1) is 26.6. The van der Waals surface area contributed by atoms with Crippen LogP contribution < -0.4 is 4.90 Å². The Morgan fingerprint density at radius 1 is 1.00 bits per heavy atom. The summed E-state index contributed by atoms with van der Waals surface area (Å²) >= 11 is 0. The summed E-state index contributed by atoms with van der Waals surface area (Å²) in [6.07, 6.45) is 17.7. The Bertz CT molecular complexity index is 1470. The van der Waals surface area contributed by atoms with Gasteiger partial charge in [0.15, 0.2) is 0 Å². The van der Waals surface area contributed by atoms with E-state index in [1.165, 1.54) is 69.2 Å². The van der Waals surface area contributed by atoms with Crippen molar-refractivity contribution in [2.75, 3.05) is 18.0 Å². The molecular formula is C37H43N3O. The van der Waals surface area contributed by atoms with Crippen LogP contribution in [-0.4, -0.2) is 13.1 Å². The van der Waals surface area contributed by atoms with E-state index in [-0.39, 0.29) is 16.5 Å². The molecule has 0 aromatic heterocycles. The first-order chi connectivity index (χ1) is 19.5. The summed E-state index contributed by atoms with van der Waals surface area (Å²) in [6, 6.07) is 7.06. The fourth-order valence-corrected chi connectivity index (χ4v) is 9.62. The maximum atomic E-state index is 9.57. The van der Waals surface area contributed by atoms with Crippen molar-refractivity contribution in [3.63, 3.8) is 0 Å². The second-order valence-electron chi connectivity index (χ2n) is 15.4. The first-order valence-electron chi connectivity index (χ1n) is 15.8. The van der Waals surface area contributed by atoms with Crippen LogP contribution in [-0.2, 0) is 15.6 Å². The van der Waals surface area contributed by atoms with Gasteiger partial charge < -0.3 is 9.64 Å². The van der Waals surface area contributed by atoms with Crippen LogP contribution in [0, 0.1) is 47.0 Å². The normalized spacial score (nSPS) is 34.0. The van der Waals surface area contributed by atoms with Crippen LogP contribution in [0.3, 0.4) is 0 Å². The highest BCUT2D eigenvalue weighted by molar-refractivity contribution is 5.73. The zero-order chi connectivity index (χ0) is 28.7. The lowest BCUT2D eigenvalue weighted by Gasteiger charge is -2.64. The molecule has 8 rings (SSSR count). The first-order valence-corrected chi connectivity index (χ1v) is 15.8. The Morgan fingerprint density at radius 2 is 1.66 bits per heavy atom. The molecule has 1 aromatic rings. The van der Waals surface area contributed by atoms with Crippen molar-refractivity contribution in [2.24, 2.45) is 29.1 Å². The highest BCUT2D eigenvalue weighted by atomic mass is 16.5. The van der Waals surface area contributed by atoms with Gasteiger partial charge in [-0.1, -0.05) is 40.7 Å². The van der Waals surface area contributed by atoms with Gasteiger partial charge in [0, 0.05) is 29.6 Å². The molecule has 3 heterocycles. The number of allylic oxidation sites excluding steroid dienone is 6. The second-order valence-corrected chi connectivity index (χ2v) is 15.4. The Morgan fingerprint density at radius 3 is 2.29 bits per heavy atom. The van der Waals surface area contributed by atoms with Crippen molar-refractivity contribution in [3.8, 4) is 6.07 Å². The van der Waals surface area contributed by atoms with Crippen molar-refractivity contribution < 1.29 is 4.74 Å². The molecule has 41 heavy (non-hydrogen) atoms. The summed E-state index contributed by atoms with van der Waals surface area (Å²) in [5, 5.41) is 9.57. The monoisotopic (exact) mass is 545 g/mol. The molecule has 0 N–H and O–H groups in total. The topological polar surface area (TPSA) is 40.6 Å². The quantitative estimate of drug-likeness (QED) is 0.275. The molecule has 4 fully saturated rings. The van der Waals surface area contributed by atoms with E-state index >= 15 is 0 Å². The highest BCUT2D eigenvalue weighted by Gasteiger charge is 2.60. The average Bonchev–Trinajstić information content (AvgIpc) is 2.93. The van der Waals surface area contributed by atoms with Crippen LogP contribution in [0.15, 0.2) is 53.1 Å². The van der Waals surface area contributed by atoms with Gasteiger partial charge in [-0.05, 0) is 127 Å². The van der Waals surface area contributed by atoms with E-state index in [1.807, 2.05) is 18.2 Å². The molecule has 3 aliphatic heterocycles. The maximum Gasteiger partial charge on any atom is 0.269 e. The molecule has 0 radical (unpaired) electrons. The van der Waals surface area contributed by atoms with Gasteiger partial charge in [-0.3, -0.25) is 0 Å². The number of nitriles is 1. The Labute approximate surface area is 246 Å². The summed E-state index contributed by atoms with van der Waals surface area (Å²) in [5.41, 5.74) is 6.95. The van der Waals surface area contributed by atoms with Crippen molar-refractivity contribution in [3.05, 3.63) is 81.3 Å². The van der Waals surface area contributed by atoms with Crippen LogP contribution in [0.4, 0.5) is 5.69 Å². The van der Waals surface area contributed by atoms with E-state index in [1.54, 1.807) is 11.3 Å². The zero-order valence-electron chi connectivity index (χ0n) is 25.4. The van der Waals surface area contributed by atoms with E-state index < -0.39 is 0 Å². The van der Waals surface area contributed by atoms with Crippen LogP contribution in [0.5, 0.6) is 0 Å². The lowest BCUT2D eigenvalue weighted by molar-refractivity contribution is -0.0659. The molecular weight excluding hydrogens is 502 g/mol. The third kappa shape index (κ3) is 4.13. The average molecular weight is 546 g/mol. The lowest BCUT2D eigenvalue weighted by Crippen LogP contribution is -2.59. The SMILES string of the molecule is [C-]#[N+]/C(C#N)=C1C=C(/C=C/c2cc3c4c(c2)C2(CCN4CCC3(C)C)C3CC4CC(C3)CC2C4)OC(C(C)(C)C)=C\1. The predicted molar refractivity (Wildman–Crippen MR) is 165 cm³/mol. The minimum absolute atomic E-state index is 0.102. The Kier molecular flexibility index (Phi) is 5.93. The number of nitrogens with zero attached hydrogens (tertiary/aromatic N) is 3. The van der Waals surface area contributed by atoms with Crippen molar-refractivity contribution in [1.82, 2.24) is 0 Å². The van der Waals surface area contributed by atoms with Gasteiger partial charge in [0.05, 0.1) is 12.6 Å². The number of rotatable bonds is 2. The molecule has 1 aromatic carbocycles. The number of anilines is 1. The fourth-order valence-electron chi connectivity index (χ4n) is 9.62. The summed E-state index contributed by atoms with van der Waals surface area (Å²) < 4.78 is 6.35. The Balaban J connectivity index is 1.34. The summed E-state index contributed by atoms with van der Waals surface area (Å²) in [7, 11) is 0. The van der Waals surface area contributed by atoms with Crippen LogP contribution in [0.2, 0.25) is 0 Å². The highest BCUT2D eigenvalue weighted by Crippen LogP contribution is 2.67. The van der Waals surface area contributed by atoms with Gasteiger partial charge >= 0.3 is 0 Å². The molecule has 4 heteroatoms. The van der Waals surface area contributed by atoms with Gasteiger partial charge in [-0.2, -0.15) is 0 Å². The van der Waals surface area contributed by atoms with E-state index in [0.717, 1.165) is 29.4 Å². The molecule has 0 atom stereocenters. The standard InChI is InChI=1S/C37H43N3O/c1-35(2,3)33-21-26(32(22-38)39-6)20-29(41-33)8-7-23-18-30-34-31(19-23)37(10-12-40(34)11-9-36(30,4)5)27-14-24-13-25(16-27)17-28(37)15-24/h7-8,18-21,24-25,27-28H,9-17H2,1-5H3/b8-7+,32-26+. The summed E-state index contributed by atoms with van der Waals surface area (Å²) in [6.45, 7) is 21.0. The van der Waals surface area contributed by atoms with Crippen LogP contribution in [0.1, 0.15) is 96.3 Å². The minimum Gasteiger partial charge on any atom is -0.461 e. The molecule has 1 spiro atoms. The predicted octanol–water partition coefficient (Wildman–Crippen LogP) is 8.83. The van der Waals surface area contributed by atoms with Gasteiger partial charge in [0.25, 0.3) is 5.70 Å².